The van der Waals surface area contributed by atoms with Gasteiger partial charge in [-0.3, -0.25) is 18.4 Å². The molecule has 0 spiro atoms. The third kappa shape index (κ3) is 5.13. The summed E-state index contributed by atoms with van der Waals surface area (Å²) in [4.78, 5) is 25.1. The molecule has 14 heteroatoms. The molecule has 0 bridgehead atoms. The molecule has 1 N–H and O–H groups in total. The standard InChI is InChI=1S/C36H29F3N6O4S/c1-40-36(46)33-24-13-23(29(43(2)50(3,47)48)15-31(24)49-35(33)19-7-9-20(37)10-8-19)26-11-12-27-34(42-26)30-14-22-25(39)5-4-6-28(22)45(30)32(41-27)18-44-16-21(38)17-44/h4-15,21H,16-18H2,1-3H3,(H,40,46). The molecule has 1 fully saturated rings. The zero-order chi connectivity index (χ0) is 35.1. The fourth-order valence-electron chi connectivity index (χ4n) is 6.59. The zero-order valence-electron chi connectivity index (χ0n) is 27.0. The van der Waals surface area contributed by atoms with Gasteiger partial charge in [0.1, 0.15) is 40.5 Å². The number of halogens is 3. The van der Waals surface area contributed by atoms with Gasteiger partial charge in [0, 0.05) is 55.2 Å². The van der Waals surface area contributed by atoms with Crippen LogP contribution in [0.25, 0.3) is 61.0 Å². The Labute approximate surface area is 283 Å². The third-order valence-corrected chi connectivity index (χ3v) is 10.4. The lowest BCUT2D eigenvalue weighted by molar-refractivity contribution is 0.0567. The number of furan rings is 1. The molecule has 1 saturated heterocycles. The molecule has 3 aromatic carbocycles. The van der Waals surface area contributed by atoms with E-state index in [1.807, 2.05) is 9.30 Å². The molecule has 0 aliphatic carbocycles. The number of benzene rings is 3. The maximum Gasteiger partial charge on any atom is 0.255 e. The molecule has 1 amide bonds. The Morgan fingerprint density at radius 1 is 1.00 bits per heavy atom. The van der Waals surface area contributed by atoms with Gasteiger partial charge in [-0.2, -0.15) is 0 Å². The number of rotatable bonds is 7. The maximum absolute atomic E-state index is 15.1. The van der Waals surface area contributed by atoms with E-state index in [9.17, 15) is 22.0 Å². The molecule has 4 aromatic heterocycles. The summed E-state index contributed by atoms with van der Waals surface area (Å²) in [6, 6.07) is 18.6. The number of nitrogens with one attached hydrogen (secondary N) is 1. The maximum atomic E-state index is 15.1. The number of pyridine rings is 1. The molecular formula is C36H29F3N6O4S. The van der Waals surface area contributed by atoms with Crippen molar-refractivity contribution in [1.82, 2.24) is 24.6 Å². The van der Waals surface area contributed by atoms with Crippen molar-refractivity contribution in [2.45, 2.75) is 12.7 Å². The van der Waals surface area contributed by atoms with E-state index in [1.54, 1.807) is 36.4 Å². The lowest BCUT2D eigenvalue weighted by Gasteiger charge is -2.34. The van der Waals surface area contributed by atoms with Crippen LogP contribution in [-0.4, -0.2) is 73.2 Å². The van der Waals surface area contributed by atoms with Crippen LogP contribution < -0.4 is 9.62 Å². The minimum atomic E-state index is -3.80. The van der Waals surface area contributed by atoms with E-state index >= 15 is 4.39 Å². The van der Waals surface area contributed by atoms with Crippen molar-refractivity contribution in [3.05, 3.63) is 95.8 Å². The second-order valence-electron chi connectivity index (χ2n) is 12.4. The van der Waals surface area contributed by atoms with E-state index in [-0.39, 0.29) is 35.7 Å². The van der Waals surface area contributed by atoms with Gasteiger partial charge in [-0.15, -0.1) is 0 Å². The second kappa shape index (κ2) is 11.6. The van der Waals surface area contributed by atoms with Gasteiger partial charge in [0.05, 0.1) is 46.3 Å². The van der Waals surface area contributed by atoms with E-state index in [4.69, 9.17) is 14.4 Å². The van der Waals surface area contributed by atoms with Crippen molar-refractivity contribution in [2.24, 2.45) is 0 Å². The first-order chi connectivity index (χ1) is 23.9. The van der Waals surface area contributed by atoms with Crippen molar-refractivity contribution in [2.75, 3.05) is 37.7 Å². The predicted molar refractivity (Wildman–Crippen MR) is 185 cm³/mol. The van der Waals surface area contributed by atoms with E-state index in [0.717, 1.165) is 10.6 Å². The SMILES string of the molecule is CNC(=O)c1c(-c2ccc(F)cc2)oc2cc(N(C)S(C)(=O)=O)c(-c3ccc4nc(CN5CC(F)C5)n5c6cccc(F)c6cc5c4n3)cc12. The number of hydrogen-bond donors (Lipinski definition) is 1. The summed E-state index contributed by atoms with van der Waals surface area (Å²) in [5.41, 5.74) is 3.85. The predicted octanol–water partition coefficient (Wildman–Crippen LogP) is 6.30. The summed E-state index contributed by atoms with van der Waals surface area (Å²) < 4.78 is 77.6. The first kappa shape index (κ1) is 31.8. The van der Waals surface area contributed by atoms with Crippen molar-refractivity contribution < 1.29 is 30.8 Å². The first-order valence-corrected chi connectivity index (χ1v) is 17.5. The largest absolute Gasteiger partial charge is 0.455 e. The topological polar surface area (TPSA) is 113 Å². The van der Waals surface area contributed by atoms with E-state index < -0.39 is 33.7 Å². The van der Waals surface area contributed by atoms with E-state index in [0.29, 0.717) is 62.0 Å². The van der Waals surface area contributed by atoms with E-state index in [1.165, 1.54) is 50.5 Å². The van der Waals surface area contributed by atoms with Crippen LogP contribution in [0.1, 0.15) is 16.2 Å². The molecule has 7 aromatic rings. The summed E-state index contributed by atoms with van der Waals surface area (Å²) in [5.74, 6) is -0.578. The van der Waals surface area contributed by atoms with Gasteiger partial charge in [-0.05, 0) is 60.7 Å². The Kier molecular flexibility index (Phi) is 7.35. The number of nitrogens with zero attached hydrogens (tertiary/aromatic N) is 5. The van der Waals surface area contributed by atoms with Crippen LogP contribution in [0.4, 0.5) is 18.9 Å². The Hall–Kier alpha value is -5.47. The number of carbonyl (C=O) groups excluding carboxylic acids is 1. The first-order valence-electron chi connectivity index (χ1n) is 15.7. The van der Waals surface area contributed by atoms with Crippen LogP contribution in [0.5, 0.6) is 0 Å². The fraction of sp³-hybridized carbons (Fsp3) is 0.194. The van der Waals surface area contributed by atoms with Gasteiger partial charge in [0.15, 0.2) is 0 Å². The number of aromatic nitrogens is 3. The number of carbonyl (C=O) groups is 1. The minimum absolute atomic E-state index is 0.174. The summed E-state index contributed by atoms with van der Waals surface area (Å²) >= 11 is 0. The van der Waals surface area contributed by atoms with Gasteiger partial charge in [0.25, 0.3) is 5.91 Å². The molecule has 10 nitrogen and oxygen atoms in total. The van der Waals surface area contributed by atoms with Crippen molar-refractivity contribution in [3.8, 4) is 22.6 Å². The Morgan fingerprint density at radius 2 is 1.76 bits per heavy atom. The van der Waals surface area contributed by atoms with Crippen molar-refractivity contribution in [1.29, 1.82) is 0 Å². The summed E-state index contributed by atoms with van der Waals surface area (Å²) in [5, 5.41) is 3.37. The molecule has 0 unspecified atom stereocenters. The van der Waals surface area contributed by atoms with Crippen LogP contribution in [0, 0.1) is 11.6 Å². The van der Waals surface area contributed by atoms with Crippen LogP contribution in [0.2, 0.25) is 0 Å². The van der Waals surface area contributed by atoms with Crippen LogP contribution in [-0.2, 0) is 16.6 Å². The molecule has 1 aliphatic rings. The number of amides is 1. The molecule has 0 saturated carbocycles. The van der Waals surface area contributed by atoms with Crippen LogP contribution >= 0.6 is 0 Å². The molecule has 8 rings (SSSR count). The summed E-state index contributed by atoms with van der Waals surface area (Å²) in [7, 11) is -0.926. The highest BCUT2D eigenvalue weighted by atomic mass is 32.2. The lowest BCUT2D eigenvalue weighted by atomic mass is 10.0. The number of anilines is 1. The molecule has 50 heavy (non-hydrogen) atoms. The van der Waals surface area contributed by atoms with Crippen LogP contribution in [0.15, 0.2) is 77.2 Å². The minimum Gasteiger partial charge on any atom is -0.455 e. The average molecular weight is 699 g/mol. The quantitative estimate of drug-likeness (QED) is 0.208. The molecular weight excluding hydrogens is 669 g/mol. The van der Waals surface area contributed by atoms with Gasteiger partial charge in [-0.25, -0.2) is 31.6 Å². The lowest BCUT2D eigenvalue weighted by Crippen LogP contribution is -2.47. The highest BCUT2D eigenvalue weighted by Gasteiger charge is 2.29. The number of fused-ring (bicyclic) bond motifs is 6. The number of alkyl halides is 1. The Balaban J connectivity index is 1.40. The average Bonchev–Trinajstić information content (AvgIpc) is 3.66. The normalized spacial score (nSPS) is 14.2. The molecule has 5 heterocycles. The second-order valence-corrected chi connectivity index (χ2v) is 14.4. The summed E-state index contributed by atoms with van der Waals surface area (Å²) in [6.07, 6.45) is 0.159. The third-order valence-electron chi connectivity index (χ3n) is 9.17. The van der Waals surface area contributed by atoms with Crippen molar-refractivity contribution >= 4 is 60.0 Å². The number of hydrogen-bond acceptors (Lipinski definition) is 7. The Bertz CT molecular complexity index is 2630. The molecule has 0 atom stereocenters. The summed E-state index contributed by atoms with van der Waals surface area (Å²) in [6.45, 7) is 0.897. The van der Waals surface area contributed by atoms with Crippen molar-refractivity contribution in [3.63, 3.8) is 0 Å². The molecule has 0 radical (unpaired) electrons. The number of likely N-dealkylation sites (tertiary alicyclic amines) is 1. The van der Waals surface area contributed by atoms with Crippen LogP contribution in [0.3, 0.4) is 0 Å². The highest BCUT2D eigenvalue weighted by Crippen LogP contribution is 2.41. The zero-order valence-corrected chi connectivity index (χ0v) is 27.9. The van der Waals surface area contributed by atoms with Gasteiger partial charge >= 0.3 is 0 Å². The monoisotopic (exact) mass is 698 g/mol. The fourth-order valence-corrected chi connectivity index (χ4v) is 7.10. The van der Waals surface area contributed by atoms with Gasteiger partial charge in [-0.1, -0.05) is 6.07 Å². The smallest absolute Gasteiger partial charge is 0.255 e. The number of sulfonamides is 1. The Morgan fingerprint density at radius 3 is 2.46 bits per heavy atom. The molecule has 1 aliphatic heterocycles. The molecule has 254 valence electrons. The highest BCUT2D eigenvalue weighted by molar-refractivity contribution is 7.92. The van der Waals surface area contributed by atoms with Gasteiger partial charge < -0.3 is 9.73 Å². The van der Waals surface area contributed by atoms with Gasteiger partial charge in [0.2, 0.25) is 10.0 Å². The van der Waals surface area contributed by atoms with E-state index in [2.05, 4.69) is 5.32 Å².